The van der Waals surface area contributed by atoms with Crippen LogP contribution >= 0.6 is 22.0 Å². The quantitative estimate of drug-likeness (QED) is 0.611. The van der Waals surface area contributed by atoms with Crippen molar-refractivity contribution in [2.45, 2.75) is 50.3 Å². The van der Waals surface area contributed by atoms with Crippen molar-refractivity contribution in [3.8, 4) is 0 Å². The fourth-order valence-electron chi connectivity index (χ4n) is 3.02. The van der Waals surface area contributed by atoms with E-state index in [1.165, 1.54) is 5.38 Å². The molecule has 4 nitrogen and oxygen atoms in total. The van der Waals surface area contributed by atoms with Crippen LogP contribution in [0, 0.1) is 18.8 Å². The van der Waals surface area contributed by atoms with Crippen LogP contribution < -0.4 is 0 Å². The fraction of sp³-hybridized carbons (Fsp3) is 0.643. The van der Waals surface area contributed by atoms with Gasteiger partial charge in [-0.15, -0.1) is 11.3 Å². The van der Waals surface area contributed by atoms with Gasteiger partial charge < -0.3 is 4.74 Å². The van der Waals surface area contributed by atoms with Gasteiger partial charge in [0, 0.05) is 16.1 Å². The molecule has 1 aromatic heterocycles. The van der Waals surface area contributed by atoms with E-state index in [-0.39, 0.29) is 10.3 Å². The van der Waals surface area contributed by atoms with E-state index in [9.17, 15) is 13.2 Å². The fourth-order valence-corrected chi connectivity index (χ4v) is 5.56. The average molecular weight is 351 g/mol. The molecule has 1 heterocycles. The molecule has 1 aliphatic carbocycles. The van der Waals surface area contributed by atoms with Crippen LogP contribution in [0.5, 0.6) is 0 Å². The molecule has 0 bridgehead atoms. The summed E-state index contributed by atoms with van der Waals surface area (Å²) in [5.41, 5.74) is 0.669. The Morgan fingerprint density at radius 1 is 1.29 bits per heavy atom. The Hall–Kier alpha value is -0.590. The molecule has 21 heavy (non-hydrogen) atoms. The number of hydrogen-bond donors (Lipinski definition) is 0. The van der Waals surface area contributed by atoms with Crippen LogP contribution in [0.3, 0.4) is 0 Å². The number of rotatable bonds is 3. The zero-order valence-electron chi connectivity index (χ0n) is 12.3. The number of thiophene rings is 1. The van der Waals surface area contributed by atoms with E-state index < -0.39 is 15.0 Å². The molecule has 0 radical (unpaired) electrons. The highest BCUT2D eigenvalue weighted by Gasteiger charge is 2.29. The summed E-state index contributed by atoms with van der Waals surface area (Å²) < 4.78 is 28.3. The van der Waals surface area contributed by atoms with E-state index in [1.54, 1.807) is 6.92 Å². The van der Waals surface area contributed by atoms with Crippen LogP contribution in [-0.4, -0.2) is 20.5 Å². The molecule has 1 aliphatic rings. The first-order chi connectivity index (χ1) is 9.68. The van der Waals surface area contributed by atoms with Gasteiger partial charge in [-0.2, -0.15) is 0 Å². The van der Waals surface area contributed by atoms with Gasteiger partial charge in [-0.25, -0.2) is 13.2 Å². The molecule has 118 valence electrons. The van der Waals surface area contributed by atoms with Gasteiger partial charge in [0.2, 0.25) is 0 Å². The average Bonchev–Trinajstić information content (AvgIpc) is 2.69. The lowest BCUT2D eigenvalue weighted by Crippen LogP contribution is -2.28. The monoisotopic (exact) mass is 350 g/mol. The molecule has 0 aliphatic heterocycles. The van der Waals surface area contributed by atoms with Crippen LogP contribution in [0.25, 0.3) is 0 Å². The molecule has 0 N–H and O–H groups in total. The standard InChI is InChI=1S/C14H19ClO4S2/c1-8-4-9(2)6-11(5-8)19-13(16)12-7-20-14(10(12)3)21(15,17)18/h7-9,11H,4-6H2,1-3H3. The Morgan fingerprint density at radius 2 is 1.86 bits per heavy atom. The van der Waals surface area contributed by atoms with Crippen molar-refractivity contribution < 1.29 is 17.9 Å². The van der Waals surface area contributed by atoms with Crippen molar-refractivity contribution in [2.24, 2.45) is 11.8 Å². The van der Waals surface area contributed by atoms with Gasteiger partial charge in [0.25, 0.3) is 9.05 Å². The van der Waals surface area contributed by atoms with Gasteiger partial charge in [-0.05, 0) is 43.6 Å². The summed E-state index contributed by atoms with van der Waals surface area (Å²) in [6, 6.07) is 0. The molecule has 0 aromatic carbocycles. The van der Waals surface area contributed by atoms with Crippen LogP contribution in [0.4, 0.5) is 0 Å². The predicted octanol–water partition coefficient (Wildman–Crippen LogP) is 3.97. The van der Waals surface area contributed by atoms with E-state index in [4.69, 9.17) is 15.4 Å². The maximum atomic E-state index is 12.2. The van der Waals surface area contributed by atoms with E-state index in [2.05, 4.69) is 13.8 Å². The van der Waals surface area contributed by atoms with E-state index in [0.29, 0.717) is 23.0 Å². The number of carbonyl (C=O) groups is 1. The summed E-state index contributed by atoms with van der Waals surface area (Å²) in [5.74, 6) is 0.615. The molecule has 0 saturated heterocycles. The zero-order chi connectivity index (χ0) is 15.8. The van der Waals surface area contributed by atoms with Gasteiger partial charge in [0.1, 0.15) is 10.3 Å². The molecule has 0 spiro atoms. The number of esters is 1. The number of halogens is 1. The maximum absolute atomic E-state index is 12.2. The number of hydrogen-bond acceptors (Lipinski definition) is 5. The second-order valence-corrected chi connectivity index (χ2v) is 9.59. The van der Waals surface area contributed by atoms with Crippen molar-refractivity contribution >= 4 is 37.0 Å². The normalized spacial score (nSPS) is 26.6. The minimum Gasteiger partial charge on any atom is -0.459 e. The Bertz CT molecular complexity index is 625. The maximum Gasteiger partial charge on any atom is 0.339 e. The summed E-state index contributed by atoms with van der Waals surface area (Å²) in [5, 5.41) is 1.50. The second-order valence-electron chi connectivity index (χ2n) is 5.94. The van der Waals surface area contributed by atoms with Crippen molar-refractivity contribution in [2.75, 3.05) is 0 Å². The molecule has 1 aromatic rings. The molecular formula is C14H19ClO4S2. The minimum atomic E-state index is -3.81. The van der Waals surface area contributed by atoms with Crippen molar-refractivity contribution in [3.63, 3.8) is 0 Å². The highest BCUT2D eigenvalue weighted by molar-refractivity contribution is 8.15. The van der Waals surface area contributed by atoms with E-state index >= 15 is 0 Å². The van der Waals surface area contributed by atoms with Crippen molar-refractivity contribution in [1.82, 2.24) is 0 Å². The number of ether oxygens (including phenoxy) is 1. The Morgan fingerprint density at radius 3 is 2.33 bits per heavy atom. The Kier molecular flexibility index (Phi) is 5.00. The topological polar surface area (TPSA) is 60.4 Å². The lowest BCUT2D eigenvalue weighted by atomic mass is 9.82. The molecule has 2 atom stereocenters. The Balaban J connectivity index is 2.13. The summed E-state index contributed by atoms with van der Waals surface area (Å²) in [6.45, 7) is 5.89. The van der Waals surface area contributed by atoms with E-state index in [1.807, 2.05) is 0 Å². The largest absolute Gasteiger partial charge is 0.459 e. The summed E-state index contributed by atoms with van der Waals surface area (Å²) >= 11 is 0.954. The van der Waals surface area contributed by atoms with Gasteiger partial charge in [0.15, 0.2) is 0 Å². The number of carbonyl (C=O) groups excluding carboxylic acids is 1. The van der Waals surface area contributed by atoms with Gasteiger partial charge >= 0.3 is 5.97 Å². The first-order valence-electron chi connectivity index (χ1n) is 6.92. The summed E-state index contributed by atoms with van der Waals surface area (Å²) in [4.78, 5) is 12.2. The van der Waals surface area contributed by atoms with Crippen LogP contribution in [0.2, 0.25) is 0 Å². The highest BCUT2D eigenvalue weighted by atomic mass is 35.7. The molecule has 1 fully saturated rings. The smallest absolute Gasteiger partial charge is 0.339 e. The zero-order valence-corrected chi connectivity index (χ0v) is 14.6. The van der Waals surface area contributed by atoms with Gasteiger partial charge in [0.05, 0.1) is 5.56 Å². The van der Waals surface area contributed by atoms with Gasteiger partial charge in [-0.1, -0.05) is 13.8 Å². The predicted molar refractivity (Wildman–Crippen MR) is 83.5 cm³/mol. The highest BCUT2D eigenvalue weighted by Crippen LogP contribution is 2.33. The molecule has 1 saturated carbocycles. The van der Waals surface area contributed by atoms with E-state index in [0.717, 1.165) is 30.6 Å². The summed E-state index contributed by atoms with van der Waals surface area (Å²) in [6.07, 6.45) is 2.78. The third kappa shape index (κ3) is 3.99. The van der Waals surface area contributed by atoms with Gasteiger partial charge in [-0.3, -0.25) is 0 Å². The molecule has 2 unspecified atom stereocenters. The van der Waals surface area contributed by atoms with Crippen molar-refractivity contribution in [3.05, 3.63) is 16.5 Å². The lowest BCUT2D eigenvalue weighted by molar-refractivity contribution is 0.00803. The first-order valence-corrected chi connectivity index (χ1v) is 10.1. The Labute approximate surface area is 133 Å². The van der Waals surface area contributed by atoms with Crippen LogP contribution in [-0.2, 0) is 13.8 Å². The molecular weight excluding hydrogens is 332 g/mol. The third-order valence-corrected chi connectivity index (χ3v) is 7.15. The lowest BCUT2D eigenvalue weighted by Gasteiger charge is -2.31. The molecule has 0 amide bonds. The minimum absolute atomic E-state index is 0.0153. The third-order valence-electron chi connectivity index (χ3n) is 3.84. The SMILES string of the molecule is Cc1c(C(=O)OC2CC(C)CC(C)C2)csc1S(=O)(=O)Cl. The summed E-state index contributed by atoms with van der Waals surface area (Å²) in [7, 11) is 1.53. The second kappa shape index (κ2) is 6.26. The van der Waals surface area contributed by atoms with Crippen molar-refractivity contribution in [1.29, 1.82) is 0 Å². The molecule has 2 rings (SSSR count). The van der Waals surface area contributed by atoms with Crippen LogP contribution in [0.15, 0.2) is 9.59 Å². The molecule has 7 heteroatoms. The first kappa shape index (κ1) is 16.8. The van der Waals surface area contributed by atoms with Crippen LogP contribution in [0.1, 0.15) is 49.0 Å².